The number of carbonyl (C=O) groups is 3. The molecule has 2 aromatic rings. The molecule has 0 atom stereocenters. The van der Waals surface area contributed by atoms with E-state index in [1.807, 2.05) is 17.5 Å². The van der Waals surface area contributed by atoms with E-state index in [9.17, 15) is 14.4 Å². The van der Waals surface area contributed by atoms with Gasteiger partial charge in [0.25, 0.3) is 5.91 Å². The fourth-order valence-corrected chi connectivity index (χ4v) is 3.49. The van der Waals surface area contributed by atoms with Gasteiger partial charge in [-0.1, -0.05) is 12.1 Å². The standard InChI is InChI=1S/C19H22N2O4S/c1-5-8-21(10-15-7-6-9-26-15)16(23)11-25-19(24)18-12(2)17(14(4)22)13(3)20-18/h5-7,9,20H,1,8,10-11H2,2-4H3. The number of hydrogen-bond donors (Lipinski definition) is 1. The Labute approximate surface area is 156 Å². The second-order valence-electron chi connectivity index (χ2n) is 5.90. The molecule has 7 heteroatoms. The zero-order valence-electron chi connectivity index (χ0n) is 15.1. The Morgan fingerprint density at radius 2 is 2.08 bits per heavy atom. The van der Waals surface area contributed by atoms with Gasteiger partial charge in [0, 0.05) is 22.7 Å². The maximum atomic E-state index is 12.4. The molecule has 0 fully saturated rings. The smallest absolute Gasteiger partial charge is 0.355 e. The highest BCUT2D eigenvalue weighted by atomic mass is 32.1. The molecule has 0 radical (unpaired) electrons. The number of thiophene rings is 1. The van der Waals surface area contributed by atoms with E-state index in [-0.39, 0.29) is 24.0 Å². The lowest BCUT2D eigenvalue weighted by Gasteiger charge is -2.20. The Hall–Kier alpha value is -2.67. The fraction of sp³-hybridized carbons (Fsp3) is 0.316. The monoisotopic (exact) mass is 374 g/mol. The summed E-state index contributed by atoms with van der Waals surface area (Å²) in [5.41, 5.74) is 1.83. The lowest BCUT2D eigenvalue weighted by molar-refractivity contribution is -0.134. The molecule has 0 bridgehead atoms. The average molecular weight is 374 g/mol. The first-order valence-electron chi connectivity index (χ1n) is 8.13. The van der Waals surface area contributed by atoms with Crippen molar-refractivity contribution in [2.24, 2.45) is 0 Å². The van der Waals surface area contributed by atoms with Crippen LogP contribution in [0.1, 0.15) is 43.9 Å². The number of nitrogens with zero attached hydrogens (tertiary/aromatic N) is 1. The number of ketones is 1. The van der Waals surface area contributed by atoms with E-state index >= 15 is 0 Å². The second-order valence-corrected chi connectivity index (χ2v) is 6.93. The van der Waals surface area contributed by atoms with Crippen LogP contribution in [0.3, 0.4) is 0 Å². The SMILES string of the molecule is C=CCN(Cc1cccs1)C(=O)COC(=O)c1[nH]c(C)c(C(C)=O)c1C. The van der Waals surface area contributed by atoms with Crippen LogP contribution in [0, 0.1) is 13.8 Å². The van der Waals surface area contributed by atoms with Crippen molar-refractivity contribution < 1.29 is 19.1 Å². The third-order valence-electron chi connectivity index (χ3n) is 3.95. The van der Waals surface area contributed by atoms with E-state index in [0.29, 0.717) is 29.9 Å². The van der Waals surface area contributed by atoms with Gasteiger partial charge in [-0.3, -0.25) is 9.59 Å². The van der Waals surface area contributed by atoms with Gasteiger partial charge in [-0.05, 0) is 37.8 Å². The number of ether oxygens (including phenoxy) is 1. The topological polar surface area (TPSA) is 79.5 Å². The molecule has 0 aromatic carbocycles. The molecule has 0 spiro atoms. The molecule has 0 aliphatic carbocycles. The van der Waals surface area contributed by atoms with Crippen LogP contribution in [0.4, 0.5) is 0 Å². The number of carbonyl (C=O) groups excluding carboxylic acids is 3. The summed E-state index contributed by atoms with van der Waals surface area (Å²) in [6.07, 6.45) is 1.63. The van der Waals surface area contributed by atoms with Crippen LogP contribution in [0.25, 0.3) is 0 Å². The second kappa shape index (κ2) is 8.62. The zero-order chi connectivity index (χ0) is 19.3. The summed E-state index contributed by atoms with van der Waals surface area (Å²) in [7, 11) is 0. The number of H-pyrrole nitrogens is 1. The van der Waals surface area contributed by atoms with Crippen molar-refractivity contribution in [3.63, 3.8) is 0 Å². The van der Waals surface area contributed by atoms with Crippen molar-refractivity contribution in [2.45, 2.75) is 27.3 Å². The summed E-state index contributed by atoms with van der Waals surface area (Å²) in [5, 5.41) is 1.94. The van der Waals surface area contributed by atoms with Gasteiger partial charge in [0.2, 0.25) is 0 Å². The Kier molecular flexibility index (Phi) is 6.52. The van der Waals surface area contributed by atoms with Crippen LogP contribution < -0.4 is 0 Å². The van der Waals surface area contributed by atoms with Gasteiger partial charge < -0.3 is 14.6 Å². The van der Waals surface area contributed by atoms with E-state index in [1.165, 1.54) is 6.92 Å². The van der Waals surface area contributed by atoms with Crippen LogP contribution in [0.15, 0.2) is 30.2 Å². The molecule has 1 amide bonds. The van der Waals surface area contributed by atoms with Gasteiger partial charge in [-0.25, -0.2) is 4.79 Å². The van der Waals surface area contributed by atoms with E-state index in [2.05, 4.69) is 11.6 Å². The predicted molar refractivity (Wildman–Crippen MR) is 100 cm³/mol. The van der Waals surface area contributed by atoms with Crippen molar-refractivity contribution in [3.8, 4) is 0 Å². The maximum absolute atomic E-state index is 12.4. The minimum atomic E-state index is -0.652. The number of Topliss-reactive ketones (excluding diaryl/α,β-unsaturated/α-hetero) is 1. The zero-order valence-corrected chi connectivity index (χ0v) is 15.9. The number of nitrogens with one attached hydrogen (secondary N) is 1. The third-order valence-corrected chi connectivity index (χ3v) is 4.81. The molecule has 2 heterocycles. The van der Waals surface area contributed by atoms with Crippen LogP contribution >= 0.6 is 11.3 Å². The van der Waals surface area contributed by atoms with E-state index in [0.717, 1.165) is 4.88 Å². The summed E-state index contributed by atoms with van der Waals surface area (Å²) >= 11 is 1.55. The first-order valence-corrected chi connectivity index (χ1v) is 9.01. The molecular weight excluding hydrogens is 352 g/mol. The number of aryl methyl sites for hydroxylation is 1. The van der Waals surface area contributed by atoms with E-state index in [1.54, 1.807) is 36.2 Å². The molecule has 26 heavy (non-hydrogen) atoms. The summed E-state index contributed by atoms with van der Waals surface area (Å²) < 4.78 is 5.16. The Bertz CT molecular complexity index is 821. The molecule has 0 saturated carbocycles. The summed E-state index contributed by atoms with van der Waals surface area (Å²) in [6.45, 7) is 8.94. The number of rotatable bonds is 8. The molecule has 1 N–H and O–H groups in total. The highest BCUT2D eigenvalue weighted by Crippen LogP contribution is 2.19. The molecule has 0 unspecified atom stereocenters. The third kappa shape index (κ3) is 4.49. The van der Waals surface area contributed by atoms with E-state index < -0.39 is 5.97 Å². The Morgan fingerprint density at radius 3 is 2.62 bits per heavy atom. The number of hydrogen-bond acceptors (Lipinski definition) is 5. The molecule has 0 saturated heterocycles. The van der Waals surface area contributed by atoms with Crippen molar-refractivity contribution in [1.82, 2.24) is 9.88 Å². The van der Waals surface area contributed by atoms with Crippen LogP contribution in [0.5, 0.6) is 0 Å². The van der Waals surface area contributed by atoms with Crippen molar-refractivity contribution in [2.75, 3.05) is 13.2 Å². The van der Waals surface area contributed by atoms with Gasteiger partial charge in [0.15, 0.2) is 12.4 Å². The van der Waals surface area contributed by atoms with Crippen LogP contribution in [-0.4, -0.2) is 40.7 Å². The Morgan fingerprint density at radius 1 is 1.35 bits per heavy atom. The van der Waals surface area contributed by atoms with Gasteiger partial charge in [0.05, 0.1) is 6.54 Å². The van der Waals surface area contributed by atoms with Crippen molar-refractivity contribution in [1.29, 1.82) is 0 Å². The minimum absolute atomic E-state index is 0.125. The van der Waals surface area contributed by atoms with Crippen LogP contribution in [0.2, 0.25) is 0 Å². The number of aromatic nitrogens is 1. The first-order chi connectivity index (χ1) is 12.3. The quantitative estimate of drug-likeness (QED) is 0.437. The highest BCUT2D eigenvalue weighted by molar-refractivity contribution is 7.09. The van der Waals surface area contributed by atoms with E-state index in [4.69, 9.17) is 4.74 Å². The van der Waals surface area contributed by atoms with Gasteiger partial charge in [-0.15, -0.1) is 17.9 Å². The van der Waals surface area contributed by atoms with Gasteiger partial charge >= 0.3 is 5.97 Å². The first kappa shape index (κ1) is 19.7. The molecule has 0 aliphatic rings. The summed E-state index contributed by atoms with van der Waals surface area (Å²) in [4.78, 5) is 41.8. The number of amides is 1. The average Bonchev–Trinajstić information content (AvgIpc) is 3.19. The summed E-state index contributed by atoms with van der Waals surface area (Å²) in [6, 6.07) is 3.86. The molecule has 6 nitrogen and oxygen atoms in total. The Balaban J connectivity index is 2.03. The number of esters is 1. The largest absolute Gasteiger partial charge is 0.451 e. The minimum Gasteiger partial charge on any atom is -0.451 e. The van der Waals surface area contributed by atoms with Crippen molar-refractivity contribution >= 4 is 29.0 Å². The normalized spacial score (nSPS) is 10.4. The summed E-state index contributed by atoms with van der Waals surface area (Å²) in [5.74, 6) is -1.08. The fourth-order valence-electron chi connectivity index (χ4n) is 2.77. The van der Waals surface area contributed by atoms with Gasteiger partial charge in [-0.2, -0.15) is 0 Å². The number of aromatic amines is 1. The maximum Gasteiger partial charge on any atom is 0.355 e. The van der Waals surface area contributed by atoms with Crippen LogP contribution in [-0.2, 0) is 16.1 Å². The molecule has 138 valence electrons. The lowest BCUT2D eigenvalue weighted by Crippen LogP contribution is -2.34. The molecule has 2 rings (SSSR count). The molecule has 2 aromatic heterocycles. The van der Waals surface area contributed by atoms with Gasteiger partial charge in [0.1, 0.15) is 5.69 Å². The van der Waals surface area contributed by atoms with Crippen molar-refractivity contribution in [3.05, 3.63) is 57.6 Å². The molecular formula is C19H22N2O4S. The molecule has 0 aliphatic heterocycles. The lowest BCUT2D eigenvalue weighted by atomic mass is 10.1. The highest BCUT2D eigenvalue weighted by Gasteiger charge is 2.22. The predicted octanol–water partition coefficient (Wildman–Crippen LogP) is 3.27.